The van der Waals surface area contributed by atoms with Crippen molar-refractivity contribution in [3.8, 4) is 11.3 Å². The monoisotopic (exact) mass is 394 g/mol. The number of furan rings is 1. The van der Waals surface area contributed by atoms with E-state index in [1.165, 1.54) is 0 Å². The standard InChI is InChI=1S/C18H23BrN2O3/c1-21(13-18(22)20-10-3-11-23-2)12-16-8-9-17(24-16)14-4-6-15(19)7-5-14/h4-9H,3,10-13H2,1-2H3,(H,20,22). The van der Waals surface area contributed by atoms with Gasteiger partial charge >= 0.3 is 0 Å². The topological polar surface area (TPSA) is 54.7 Å². The summed E-state index contributed by atoms with van der Waals surface area (Å²) >= 11 is 3.42. The molecule has 1 aromatic heterocycles. The van der Waals surface area contributed by atoms with Gasteiger partial charge in [0.05, 0.1) is 13.1 Å². The third kappa shape index (κ3) is 6.11. The Morgan fingerprint density at radius 2 is 2.00 bits per heavy atom. The molecule has 0 saturated carbocycles. The van der Waals surface area contributed by atoms with Gasteiger partial charge in [-0.15, -0.1) is 0 Å². The Morgan fingerprint density at radius 1 is 1.25 bits per heavy atom. The zero-order valence-electron chi connectivity index (χ0n) is 14.0. The number of rotatable bonds is 9. The number of hydrogen-bond acceptors (Lipinski definition) is 4. The minimum Gasteiger partial charge on any atom is -0.460 e. The molecule has 0 aliphatic rings. The van der Waals surface area contributed by atoms with Gasteiger partial charge in [-0.1, -0.05) is 28.1 Å². The maximum atomic E-state index is 11.8. The van der Waals surface area contributed by atoms with Crippen LogP contribution in [-0.4, -0.2) is 44.7 Å². The van der Waals surface area contributed by atoms with Gasteiger partial charge in [0.1, 0.15) is 11.5 Å². The van der Waals surface area contributed by atoms with E-state index in [-0.39, 0.29) is 5.91 Å². The van der Waals surface area contributed by atoms with E-state index in [0.717, 1.165) is 28.0 Å². The molecule has 130 valence electrons. The number of methoxy groups -OCH3 is 1. The van der Waals surface area contributed by atoms with Crippen LogP contribution in [0.25, 0.3) is 11.3 Å². The smallest absolute Gasteiger partial charge is 0.234 e. The van der Waals surface area contributed by atoms with E-state index < -0.39 is 0 Å². The van der Waals surface area contributed by atoms with Crippen molar-refractivity contribution in [1.29, 1.82) is 0 Å². The highest BCUT2D eigenvalue weighted by molar-refractivity contribution is 9.10. The first-order chi connectivity index (χ1) is 11.6. The molecule has 2 rings (SSSR count). The lowest BCUT2D eigenvalue weighted by Gasteiger charge is -2.14. The maximum absolute atomic E-state index is 11.8. The zero-order chi connectivity index (χ0) is 17.4. The van der Waals surface area contributed by atoms with Crippen LogP contribution in [0.4, 0.5) is 0 Å². The van der Waals surface area contributed by atoms with Gasteiger partial charge in [0.25, 0.3) is 0 Å². The molecule has 2 aromatic rings. The molecule has 1 heterocycles. The van der Waals surface area contributed by atoms with Gasteiger partial charge in [-0.2, -0.15) is 0 Å². The molecule has 1 amide bonds. The summed E-state index contributed by atoms with van der Waals surface area (Å²) in [6, 6.07) is 11.9. The SMILES string of the molecule is COCCCNC(=O)CN(C)Cc1ccc(-c2ccc(Br)cc2)o1. The van der Waals surface area contributed by atoms with Gasteiger partial charge in [0, 0.05) is 30.3 Å². The molecule has 0 atom stereocenters. The number of carbonyl (C=O) groups is 1. The first kappa shape index (κ1) is 18.7. The number of nitrogens with zero attached hydrogens (tertiary/aromatic N) is 1. The molecule has 0 saturated heterocycles. The van der Waals surface area contributed by atoms with Crippen molar-refractivity contribution in [2.45, 2.75) is 13.0 Å². The van der Waals surface area contributed by atoms with Gasteiger partial charge in [0.2, 0.25) is 5.91 Å². The number of halogens is 1. The van der Waals surface area contributed by atoms with E-state index in [1.807, 2.05) is 48.3 Å². The second-order valence-electron chi connectivity index (χ2n) is 5.64. The lowest BCUT2D eigenvalue weighted by atomic mass is 10.2. The molecule has 5 nitrogen and oxygen atoms in total. The normalized spacial score (nSPS) is 11.0. The highest BCUT2D eigenvalue weighted by Crippen LogP contribution is 2.24. The van der Waals surface area contributed by atoms with E-state index in [9.17, 15) is 4.79 Å². The van der Waals surface area contributed by atoms with Gasteiger partial charge in [-0.3, -0.25) is 9.69 Å². The number of nitrogens with one attached hydrogen (secondary N) is 1. The molecule has 1 N–H and O–H groups in total. The summed E-state index contributed by atoms with van der Waals surface area (Å²) in [4.78, 5) is 13.8. The third-order valence-corrected chi connectivity index (χ3v) is 4.01. The fraction of sp³-hybridized carbons (Fsp3) is 0.389. The van der Waals surface area contributed by atoms with Crippen LogP contribution in [0, 0.1) is 0 Å². The average molecular weight is 395 g/mol. The Morgan fingerprint density at radius 3 is 2.71 bits per heavy atom. The fourth-order valence-electron chi connectivity index (χ4n) is 2.30. The molecule has 0 spiro atoms. The Bertz CT molecular complexity index is 640. The lowest BCUT2D eigenvalue weighted by molar-refractivity contribution is -0.122. The molecular weight excluding hydrogens is 372 g/mol. The van der Waals surface area contributed by atoms with Gasteiger partial charge in [-0.25, -0.2) is 0 Å². The number of ether oxygens (including phenoxy) is 1. The van der Waals surface area contributed by atoms with Crippen LogP contribution in [0.5, 0.6) is 0 Å². The number of hydrogen-bond donors (Lipinski definition) is 1. The van der Waals surface area contributed by atoms with Crippen LogP contribution in [0.15, 0.2) is 45.3 Å². The summed E-state index contributed by atoms with van der Waals surface area (Å²) in [6.45, 7) is 2.21. The summed E-state index contributed by atoms with van der Waals surface area (Å²) in [7, 11) is 3.55. The van der Waals surface area contributed by atoms with Crippen LogP contribution in [0.2, 0.25) is 0 Å². The van der Waals surface area contributed by atoms with Gasteiger partial charge in [0.15, 0.2) is 0 Å². The summed E-state index contributed by atoms with van der Waals surface area (Å²) < 4.78 is 11.9. The Hall–Kier alpha value is -1.63. The first-order valence-electron chi connectivity index (χ1n) is 7.87. The summed E-state index contributed by atoms with van der Waals surface area (Å²) in [5, 5.41) is 2.87. The molecule has 0 bridgehead atoms. The van der Waals surface area contributed by atoms with Crippen LogP contribution in [-0.2, 0) is 16.1 Å². The van der Waals surface area contributed by atoms with Crippen molar-refractivity contribution in [3.63, 3.8) is 0 Å². The first-order valence-corrected chi connectivity index (χ1v) is 8.66. The largest absolute Gasteiger partial charge is 0.460 e. The number of likely N-dealkylation sites (N-methyl/N-ethyl adjacent to an activating group) is 1. The second-order valence-corrected chi connectivity index (χ2v) is 6.56. The molecule has 0 radical (unpaired) electrons. The van der Waals surface area contributed by atoms with E-state index >= 15 is 0 Å². The van der Waals surface area contributed by atoms with Gasteiger partial charge < -0.3 is 14.5 Å². The highest BCUT2D eigenvalue weighted by Gasteiger charge is 2.10. The molecule has 24 heavy (non-hydrogen) atoms. The Balaban J connectivity index is 1.81. The van der Waals surface area contributed by atoms with Crippen molar-refractivity contribution < 1.29 is 13.9 Å². The quantitative estimate of drug-likeness (QED) is 0.662. The molecule has 0 aliphatic carbocycles. The molecule has 0 unspecified atom stereocenters. The van der Waals surface area contributed by atoms with Crippen molar-refractivity contribution in [1.82, 2.24) is 10.2 Å². The fourth-order valence-corrected chi connectivity index (χ4v) is 2.56. The average Bonchev–Trinajstić information content (AvgIpc) is 3.00. The zero-order valence-corrected chi connectivity index (χ0v) is 15.6. The molecule has 1 aromatic carbocycles. The number of amides is 1. The minimum absolute atomic E-state index is 0.00768. The second kappa shape index (κ2) is 9.61. The van der Waals surface area contributed by atoms with Crippen LogP contribution < -0.4 is 5.32 Å². The van der Waals surface area contributed by atoms with Crippen molar-refractivity contribution in [2.75, 3.05) is 33.9 Å². The number of carbonyl (C=O) groups excluding carboxylic acids is 1. The van der Waals surface area contributed by atoms with E-state index in [2.05, 4.69) is 21.2 Å². The van der Waals surface area contributed by atoms with E-state index in [4.69, 9.17) is 9.15 Å². The predicted molar refractivity (Wildman–Crippen MR) is 97.7 cm³/mol. The summed E-state index contributed by atoms with van der Waals surface area (Å²) in [5.41, 5.74) is 1.03. The minimum atomic E-state index is 0.00768. The van der Waals surface area contributed by atoms with Crippen molar-refractivity contribution in [2.24, 2.45) is 0 Å². The van der Waals surface area contributed by atoms with Gasteiger partial charge in [-0.05, 0) is 37.7 Å². The highest BCUT2D eigenvalue weighted by atomic mass is 79.9. The molecule has 0 aliphatic heterocycles. The maximum Gasteiger partial charge on any atom is 0.234 e. The third-order valence-electron chi connectivity index (χ3n) is 3.48. The predicted octanol–water partition coefficient (Wildman–Crippen LogP) is 3.29. The summed E-state index contributed by atoms with van der Waals surface area (Å²) in [5.74, 6) is 1.67. The van der Waals surface area contributed by atoms with Crippen LogP contribution >= 0.6 is 15.9 Å². The van der Waals surface area contributed by atoms with Crippen LogP contribution in [0.1, 0.15) is 12.2 Å². The van der Waals surface area contributed by atoms with Crippen LogP contribution in [0.3, 0.4) is 0 Å². The van der Waals surface area contributed by atoms with Crippen molar-refractivity contribution in [3.05, 3.63) is 46.6 Å². The molecular formula is C18H23BrN2O3. The summed E-state index contributed by atoms with van der Waals surface area (Å²) in [6.07, 6.45) is 0.820. The van der Waals surface area contributed by atoms with Crippen molar-refractivity contribution >= 4 is 21.8 Å². The number of benzene rings is 1. The Labute approximate surface area is 151 Å². The lowest BCUT2D eigenvalue weighted by Crippen LogP contribution is -2.35. The van der Waals surface area contributed by atoms with E-state index in [0.29, 0.717) is 26.2 Å². The molecule has 6 heteroatoms. The Kier molecular flexibility index (Phi) is 7.49. The van der Waals surface area contributed by atoms with E-state index in [1.54, 1.807) is 7.11 Å². The molecule has 0 fully saturated rings.